The van der Waals surface area contributed by atoms with Crippen molar-refractivity contribution >= 4 is 5.57 Å². The summed E-state index contributed by atoms with van der Waals surface area (Å²) in [5, 5.41) is 0. The first kappa shape index (κ1) is 30.0. The highest BCUT2D eigenvalue weighted by Crippen LogP contribution is 2.36. The Hall–Kier alpha value is -6.33. The molecule has 0 saturated heterocycles. The summed E-state index contributed by atoms with van der Waals surface area (Å²) in [4.78, 5) is 24.0. The van der Waals surface area contributed by atoms with E-state index in [1.165, 1.54) is 16.7 Å². The molecule has 0 radical (unpaired) electrons. The number of rotatable bonds is 7. The van der Waals surface area contributed by atoms with Gasteiger partial charge in [0, 0.05) is 46.3 Å². The number of hydrogen-bond acceptors (Lipinski definition) is 5. The van der Waals surface area contributed by atoms with E-state index in [0.29, 0.717) is 17.5 Å². The van der Waals surface area contributed by atoms with Gasteiger partial charge in [-0.25, -0.2) is 15.0 Å². The molecule has 5 heteroatoms. The van der Waals surface area contributed by atoms with Crippen LogP contribution in [0.2, 0.25) is 0 Å². The lowest BCUT2D eigenvalue weighted by Gasteiger charge is -2.19. The summed E-state index contributed by atoms with van der Waals surface area (Å²) in [5.41, 5.74) is 11.7. The van der Waals surface area contributed by atoms with E-state index in [4.69, 9.17) is 15.0 Å². The van der Waals surface area contributed by atoms with Gasteiger partial charge in [0.25, 0.3) is 0 Å². The van der Waals surface area contributed by atoms with Crippen molar-refractivity contribution in [2.45, 2.75) is 19.3 Å². The molecule has 1 atom stereocenters. The molecule has 0 aliphatic heterocycles. The molecule has 3 heterocycles. The summed E-state index contributed by atoms with van der Waals surface area (Å²) in [5.74, 6) is 2.13. The second-order valence-electron chi connectivity index (χ2n) is 12.2. The fourth-order valence-electron chi connectivity index (χ4n) is 6.27. The van der Waals surface area contributed by atoms with Gasteiger partial charge in [-0.15, -0.1) is 0 Å². The number of pyridine rings is 2. The lowest BCUT2D eigenvalue weighted by atomic mass is 9.86. The molecule has 3 aromatic heterocycles. The quantitative estimate of drug-likeness (QED) is 0.175. The number of aryl methyl sites for hydroxylation is 1. The molecule has 4 aromatic carbocycles. The molecule has 1 aliphatic rings. The standard InChI is InChI=1S/C44H33N5/c1-30-26-37(23-25-45-30)31-15-17-32(18-16-31)38-27-39(33-19-21-34(22-20-33)41-14-8-9-24-46-41)29-40(28-38)44-48-42(35-10-4-2-5-11-35)47-43(49-44)36-12-6-3-7-13-36/h2-17,19-29,32H,18H2,1H3. The van der Waals surface area contributed by atoms with Crippen LogP contribution in [-0.2, 0) is 0 Å². The van der Waals surface area contributed by atoms with Crippen molar-refractivity contribution in [1.82, 2.24) is 24.9 Å². The summed E-state index contributed by atoms with van der Waals surface area (Å²) in [7, 11) is 0. The van der Waals surface area contributed by atoms with E-state index >= 15 is 0 Å². The monoisotopic (exact) mass is 631 g/mol. The molecule has 49 heavy (non-hydrogen) atoms. The molecule has 0 amide bonds. The van der Waals surface area contributed by atoms with E-state index in [0.717, 1.165) is 51.2 Å². The largest absolute Gasteiger partial charge is 0.262 e. The van der Waals surface area contributed by atoms with Crippen LogP contribution >= 0.6 is 0 Å². The van der Waals surface area contributed by atoms with Gasteiger partial charge in [0.15, 0.2) is 17.5 Å². The third-order valence-corrected chi connectivity index (χ3v) is 8.85. The molecule has 0 fully saturated rings. The Balaban J connectivity index is 1.24. The van der Waals surface area contributed by atoms with E-state index in [2.05, 4.69) is 82.8 Å². The first-order chi connectivity index (χ1) is 24.2. The van der Waals surface area contributed by atoms with Gasteiger partial charge in [0.05, 0.1) is 5.69 Å². The average molecular weight is 632 g/mol. The maximum absolute atomic E-state index is 5.07. The van der Waals surface area contributed by atoms with Crippen LogP contribution in [0.1, 0.15) is 29.2 Å². The van der Waals surface area contributed by atoms with Gasteiger partial charge >= 0.3 is 0 Å². The van der Waals surface area contributed by atoms with Gasteiger partial charge in [-0.1, -0.05) is 115 Å². The second-order valence-corrected chi connectivity index (χ2v) is 12.2. The maximum atomic E-state index is 5.07. The number of aromatic nitrogens is 5. The van der Waals surface area contributed by atoms with Crippen LogP contribution in [0.4, 0.5) is 0 Å². The van der Waals surface area contributed by atoms with Gasteiger partial charge in [0.1, 0.15) is 0 Å². The van der Waals surface area contributed by atoms with Crippen LogP contribution in [-0.4, -0.2) is 24.9 Å². The van der Waals surface area contributed by atoms with E-state index in [1.54, 1.807) is 0 Å². The highest BCUT2D eigenvalue weighted by atomic mass is 15.0. The van der Waals surface area contributed by atoms with Crippen molar-refractivity contribution in [2.75, 3.05) is 0 Å². The minimum Gasteiger partial charge on any atom is -0.262 e. The number of nitrogens with zero attached hydrogens (tertiary/aromatic N) is 5. The molecule has 8 rings (SSSR count). The summed E-state index contributed by atoms with van der Waals surface area (Å²) in [6.07, 6.45) is 11.5. The molecule has 7 aromatic rings. The van der Waals surface area contributed by atoms with Crippen LogP contribution in [0.5, 0.6) is 0 Å². The average Bonchev–Trinajstić information content (AvgIpc) is 3.19. The minimum absolute atomic E-state index is 0.196. The fourth-order valence-corrected chi connectivity index (χ4v) is 6.27. The Morgan fingerprint density at radius 3 is 1.73 bits per heavy atom. The van der Waals surface area contributed by atoms with Crippen LogP contribution < -0.4 is 0 Å². The predicted molar refractivity (Wildman–Crippen MR) is 198 cm³/mol. The van der Waals surface area contributed by atoms with Crippen molar-refractivity contribution in [1.29, 1.82) is 0 Å². The zero-order chi connectivity index (χ0) is 33.0. The first-order valence-electron chi connectivity index (χ1n) is 16.5. The Bertz CT molecular complexity index is 2240. The summed E-state index contributed by atoms with van der Waals surface area (Å²) >= 11 is 0. The third kappa shape index (κ3) is 6.60. The Labute approximate surface area is 286 Å². The molecule has 0 N–H and O–H groups in total. The first-order valence-corrected chi connectivity index (χ1v) is 16.5. The van der Waals surface area contributed by atoms with Crippen molar-refractivity contribution < 1.29 is 0 Å². The van der Waals surface area contributed by atoms with Crippen molar-refractivity contribution in [3.8, 4) is 56.5 Å². The normalized spacial score (nSPS) is 14.0. The van der Waals surface area contributed by atoms with Gasteiger partial charge in [-0.05, 0) is 77.6 Å². The van der Waals surface area contributed by atoms with Crippen molar-refractivity contribution in [3.63, 3.8) is 0 Å². The second kappa shape index (κ2) is 13.4. The molecule has 1 aliphatic carbocycles. The smallest absolute Gasteiger partial charge is 0.164 e. The maximum Gasteiger partial charge on any atom is 0.164 e. The van der Waals surface area contributed by atoms with E-state index in [9.17, 15) is 0 Å². The zero-order valence-electron chi connectivity index (χ0n) is 27.1. The van der Waals surface area contributed by atoms with Crippen molar-refractivity contribution in [3.05, 3.63) is 181 Å². The molecule has 0 bridgehead atoms. The predicted octanol–water partition coefficient (Wildman–Crippen LogP) is 10.4. The molecular weight excluding hydrogens is 599 g/mol. The van der Waals surface area contributed by atoms with E-state index in [1.807, 2.05) is 98.2 Å². The summed E-state index contributed by atoms with van der Waals surface area (Å²) in [6, 6.07) is 45.8. The van der Waals surface area contributed by atoms with Gasteiger partial charge < -0.3 is 0 Å². The molecule has 234 valence electrons. The number of allylic oxidation sites excluding steroid dienone is 4. The molecule has 1 unspecified atom stereocenters. The highest BCUT2D eigenvalue weighted by molar-refractivity contribution is 5.78. The zero-order valence-corrected chi connectivity index (χ0v) is 27.1. The molecule has 5 nitrogen and oxygen atoms in total. The van der Waals surface area contributed by atoms with Gasteiger partial charge in [-0.3, -0.25) is 9.97 Å². The molecule has 0 spiro atoms. The SMILES string of the molecule is Cc1cc(C2=CCC(c3cc(-c4ccc(-c5ccccn5)cc4)cc(-c4nc(-c5ccccc5)nc(-c5ccccc5)n4)c3)C=C2)ccn1. The lowest BCUT2D eigenvalue weighted by Crippen LogP contribution is -2.03. The summed E-state index contributed by atoms with van der Waals surface area (Å²) < 4.78 is 0. The minimum atomic E-state index is 0.196. The third-order valence-electron chi connectivity index (χ3n) is 8.85. The Morgan fingerprint density at radius 1 is 0.490 bits per heavy atom. The van der Waals surface area contributed by atoms with Crippen LogP contribution in [0.15, 0.2) is 164 Å². The Kier molecular flexibility index (Phi) is 8.22. The van der Waals surface area contributed by atoms with Crippen molar-refractivity contribution in [2.24, 2.45) is 0 Å². The topological polar surface area (TPSA) is 64.5 Å². The molecular formula is C44H33N5. The van der Waals surface area contributed by atoms with E-state index < -0.39 is 0 Å². The lowest BCUT2D eigenvalue weighted by molar-refractivity contribution is 0.857. The van der Waals surface area contributed by atoms with Gasteiger partial charge in [0.2, 0.25) is 0 Å². The van der Waals surface area contributed by atoms with E-state index in [-0.39, 0.29) is 5.92 Å². The number of benzene rings is 4. The van der Waals surface area contributed by atoms with Crippen LogP contribution in [0.3, 0.4) is 0 Å². The van der Waals surface area contributed by atoms with Crippen LogP contribution in [0, 0.1) is 6.92 Å². The van der Waals surface area contributed by atoms with Crippen LogP contribution in [0.25, 0.3) is 62.1 Å². The highest BCUT2D eigenvalue weighted by Gasteiger charge is 2.18. The van der Waals surface area contributed by atoms with Gasteiger partial charge in [-0.2, -0.15) is 0 Å². The Morgan fingerprint density at radius 2 is 1.12 bits per heavy atom. The summed E-state index contributed by atoms with van der Waals surface area (Å²) in [6.45, 7) is 2.03. The molecule has 0 saturated carbocycles. The number of hydrogen-bond donors (Lipinski definition) is 0. The fraction of sp³-hybridized carbons (Fsp3) is 0.0682.